The lowest BCUT2D eigenvalue weighted by molar-refractivity contribution is 0.188. The molecule has 3 N–H and O–H groups in total. The van der Waals surface area contributed by atoms with Crippen LogP contribution in [0.5, 0.6) is 5.75 Å². The Morgan fingerprint density at radius 1 is 1.42 bits per heavy atom. The molecule has 0 amide bonds. The normalized spacial score (nSPS) is 21.3. The van der Waals surface area contributed by atoms with Crippen LogP contribution in [0.1, 0.15) is 38.7 Å². The number of hydrogen-bond donors (Lipinski definition) is 3. The molecule has 0 saturated heterocycles. The Labute approximate surface area is 159 Å². The van der Waals surface area contributed by atoms with Crippen molar-refractivity contribution in [3.05, 3.63) is 45.5 Å². The fourth-order valence-electron chi connectivity index (χ4n) is 3.35. The summed E-state index contributed by atoms with van der Waals surface area (Å²) in [5.41, 5.74) is 2.89. The number of phenolic OH excluding ortho intramolecular Hbond substituents is 1. The van der Waals surface area contributed by atoms with E-state index in [1.54, 1.807) is 19.1 Å². The van der Waals surface area contributed by atoms with Crippen LogP contribution in [0, 0.1) is 0 Å². The number of phenols is 1. The number of rotatable bonds is 7. The summed E-state index contributed by atoms with van der Waals surface area (Å²) < 4.78 is 24.1. The number of allylic oxidation sites excluding steroid dienone is 1. The van der Waals surface area contributed by atoms with Crippen LogP contribution in [-0.2, 0) is 9.84 Å². The van der Waals surface area contributed by atoms with Crippen LogP contribution in [0.25, 0.3) is 6.08 Å². The standard InChI is InChI=1S/C19H25ClO5S/c1-3-13(8-14-5-6-15(22)9-16(14)20)4-7-17(23)19-12(2)11-26(24,25)18(19)10-21/h5-6,8-9,17-18,21-23H,3-4,7,10-11H2,1-2H3/b13-8+/t17-,18+/m1/s1. The number of hydrogen-bond acceptors (Lipinski definition) is 5. The third-order valence-electron chi connectivity index (χ3n) is 4.75. The summed E-state index contributed by atoms with van der Waals surface area (Å²) >= 11 is 6.13. The third kappa shape index (κ3) is 4.68. The zero-order chi connectivity index (χ0) is 19.5. The number of sulfone groups is 1. The minimum atomic E-state index is -3.42. The molecule has 1 heterocycles. The van der Waals surface area contributed by atoms with E-state index in [0.717, 1.165) is 17.6 Å². The third-order valence-corrected chi connectivity index (χ3v) is 7.19. The molecule has 1 aromatic rings. The van der Waals surface area contributed by atoms with Crippen molar-refractivity contribution in [3.63, 3.8) is 0 Å². The van der Waals surface area contributed by atoms with E-state index in [1.807, 2.05) is 13.0 Å². The molecule has 2 atom stereocenters. The van der Waals surface area contributed by atoms with Crippen molar-refractivity contribution in [2.75, 3.05) is 12.4 Å². The molecule has 26 heavy (non-hydrogen) atoms. The summed E-state index contributed by atoms with van der Waals surface area (Å²) in [6.07, 6.45) is 2.71. The predicted octanol–water partition coefficient (Wildman–Crippen LogP) is 3.09. The molecular formula is C19H25ClO5S. The van der Waals surface area contributed by atoms with Gasteiger partial charge in [-0.3, -0.25) is 0 Å². The number of aliphatic hydroxyl groups is 2. The Morgan fingerprint density at radius 3 is 2.69 bits per heavy atom. The minimum Gasteiger partial charge on any atom is -0.508 e. The lowest BCUT2D eigenvalue weighted by Crippen LogP contribution is -2.29. The number of aliphatic hydroxyl groups excluding tert-OH is 2. The first kappa shape index (κ1) is 21.0. The molecule has 1 aliphatic rings. The number of halogens is 1. The van der Waals surface area contributed by atoms with Crippen LogP contribution in [-0.4, -0.2) is 47.5 Å². The van der Waals surface area contributed by atoms with Gasteiger partial charge in [-0.2, -0.15) is 0 Å². The summed E-state index contributed by atoms with van der Waals surface area (Å²) in [5, 5.41) is 28.8. The molecule has 144 valence electrons. The maximum Gasteiger partial charge on any atom is 0.163 e. The fourth-order valence-corrected chi connectivity index (χ4v) is 5.52. The second-order valence-electron chi connectivity index (χ2n) is 6.63. The minimum absolute atomic E-state index is 0.0977. The zero-order valence-electron chi connectivity index (χ0n) is 14.9. The molecule has 0 aliphatic carbocycles. The molecule has 0 spiro atoms. The van der Waals surface area contributed by atoms with Crippen LogP contribution in [0.3, 0.4) is 0 Å². The fraction of sp³-hybridized carbons (Fsp3) is 0.474. The highest BCUT2D eigenvalue weighted by atomic mass is 35.5. The van der Waals surface area contributed by atoms with Gasteiger partial charge in [0.1, 0.15) is 11.0 Å². The van der Waals surface area contributed by atoms with Gasteiger partial charge in [0, 0.05) is 0 Å². The van der Waals surface area contributed by atoms with Gasteiger partial charge < -0.3 is 15.3 Å². The monoisotopic (exact) mass is 400 g/mol. The van der Waals surface area contributed by atoms with Crippen molar-refractivity contribution in [2.24, 2.45) is 0 Å². The van der Waals surface area contributed by atoms with Crippen molar-refractivity contribution in [2.45, 2.75) is 44.5 Å². The summed E-state index contributed by atoms with van der Waals surface area (Å²) in [6.45, 7) is 3.18. The Kier molecular flexibility index (Phi) is 6.91. The molecule has 0 saturated carbocycles. The van der Waals surface area contributed by atoms with Crippen molar-refractivity contribution in [1.29, 1.82) is 0 Å². The van der Waals surface area contributed by atoms with Crippen molar-refractivity contribution in [1.82, 2.24) is 0 Å². The molecule has 0 aromatic heterocycles. The van der Waals surface area contributed by atoms with Gasteiger partial charge in [0.05, 0.1) is 23.5 Å². The van der Waals surface area contributed by atoms with E-state index < -0.39 is 27.8 Å². The van der Waals surface area contributed by atoms with E-state index in [-0.39, 0.29) is 11.5 Å². The highest BCUT2D eigenvalue weighted by molar-refractivity contribution is 7.92. The smallest absolute Gasteiger partial charge is 0.163 e. The van der Waals surface area contributed by atoms with Crippen molar-refractivity contribution in [3.8, 4) is 5.75 Å². The average Bonchev–Trinajstić information content (AvgIpc) is 2.80. The molecular weight excluding hydrogens is 376 g/mol. The van der Waals surface area contributed by atoms with E-state index in [4.69, 9.17) is 11.6 Å². The highest BCUT2D eigenvalue weighted by Gasteiger charge is 2.39. The first-order valence-electron chi connectivity index (χ1n) is 8.57. The quantitative estimate of drug-likeness (QED) is 0.611. The van der Waals surface area contributed by atoms with Crippen LogP contribution < -0.4 is 0 Å². The van der Waals surface area contributed by atoms with Gasteiger partial charge in [0.25, 0.3) is 0 Å². The van der Waals surface area contributed by atoms with E-state index in [0.29, 0.717) is 29.0 Å². The van der Waals surface area contributed by atoms with Crippen LogP contribution >= 0.6 is 11.6 Å². The molecule has 0 radical (unpaired) electrons. The molecule has 5 nitrogen and oxygen atoms in total. The van der Waals surface area contributed by atoms with Gasteiger partial charge in [-0.05, 0) is 55.5 Å². The lowest BCUT2D eigenvalue weighted by atomic mass is 9.94. The average molecular weight is 401 g/mol. The van der Waals surface area contributed by atoms with Crippen LogP contribution in [0.2, 0.25) is 5.02 Å². The van der Waals surface area contributed by atoms with Gasteiger partial charge in [-0.25, -0.2) is 8.42 Å². The highest BCUT2D eigenvalue weighted by Crippen LogP contribution is 2.32. The molecule has 0 fully saturated rings. The summed E-state index contributed by atoms with van der Waals surface area (Å²) in [5.74, 6) is -0.00923. The largest absolute Gasteiger partial charge is 0.508 e. The molecule has 1 aromatic carbocycles. The summed E-state index contributed by atoms with van der Waals surface area (Å²) in [6, 6.07) is 4.75. The Balaban J connectivity index is 2.13. The van der Waals surface area contributed by atoms with Crippen LogP contribution in [0.15, 0.2) is 34.9 Å². The van der Waals surface area contributed by atoms with E-state index in [9.17, 15) is 23.7 Å². The Hall–Kier alpha value is -1.34. The molecule has 0 unspecified atom stereocenters. The van der Waals surface area contributed by atoms with E-state index >= 15 is 0 Å². The maximum absolute atomic E-state index is 12.1. The Bertz CT molecular complexity index is 826. The summed E-state index contributed by atoms with van der Waals surface area (Å²) in [4.78, 5) is 0. The first-order valence-corrected chi connectivity index (χ1v) is 10.7. The molecule has 1 aliphatic heterocycles. The number of benzene rings is 1. The predicted molar refractivity (Wildman–Crippen MR) is 104 cm³/mol. The maximum atomic E-state index is 12.1. The first-order chi connectivity index (χ1) is 12.2. The van der Waals surface area contributed by atoms with Gasteiger partial charge >= 0.3 is 0 Å². The van der Waals surface area contributed by atoms with Gasteiger partial charge in [-0.15, -0.1) is 0 Å². The SMILES string of the molecule is CC/C(=C\c1ccc(O)cc1Cl)CC[C@@H](O)C1=C(C)CS(=O)(=O)[C@H]1CO. The molecule has 7 heteroatoms. The Morgan fingerprint density at radius 2 is 2.12 bits per heavy atom. The molecule has 0 bridgehead atoms. The number of aromatic hydroxyl groups is 1. The lowest BCUT2D eigenvalue weighted by Gasteiger charge is -2.19. The molecule has 2 rings (SSSR count). The van der Waals surface area contributed by atoms with E-state index in [1.165, 1.54) is 6.07 Å². The second-order valence-corrected chi connectivity index (χ2v) is 9.22. The zero-order valence-corrected chi connectivity index (χ0v) is 16.5. The van der Waals surface area contributed by atoms with Gasteiger partial charge in [0.15, 0.2) is 9.84 Å². The van der Waals surface area contributed by atoms with Gasteiger partial charge in [-0.1, -0.05) is 35.7 Å². The van der Waals surface area contributed by atoms with Crippen molar-refractivity contribution < 1.29 is 23.7 Å². The van der Waals surface area contributed by atoms with Gasteiger partial charge in [0.2, 0.25) is 0 Å². The van der Waals surface area contributed by atoms with Crippen LogP contribution in [0.4, 0.5) is 0 Å². The van der Waals surface area contributed by atoms with Crippen molar-refractivity contribution >= 4 is 27.5 Å². The second kappa shape index (κ2) is 8.57. The van der Waals surface area contributed by atoms with E-state index in [2.05, 4.69) is 0 Å². The summed E-state index contributed by atoms with van der Waals surface area (Å²) in [7, 11) is -3.42. The topological polar surface area (TPSA) is 94.8 Å².